The summed E-state index contributed by atoms with van der Waals surface area (Å²) in [7, 11) is 0. The number of hydrogen-bond acceptors (Lipinski definition) is 8. The van der Waals surface area contributed by atoms with Crippen LogP contribution in [0.25, 0.3) is 0 Å². The summed E-state index contributed by atoms with van der Waals surface area (Å²) < 4.78 is 5.15. The molecule has 1 aliphatic heterocycles. The van der Waals surface area contributed by atoms with Gasteiger partial charge in [0, 0.05) is 23.7 Å². The summed E-state index contributed by atoms with van der Waals surface area (Å²) in [6.07, 6.45) is 1.35. The van der Waals surface area contributed by atoms with Gasteiger partial charge in [-0.1, -0.05) is 35.5 Å². The van der Waals surface area contributed by atoms with Crippen molar-refractivity contribution in [2.24, 2.45) is 5.73 Å². The molecule has 0 saturated carbocycles. The van der Waals surface area contributed by atoms with Gasteiger partial charge in [-0.3, -0.25) is 19.7 Å². The normalized spacial score (nSPS) is 15.9. The van der Waals surface area contributed by atoms with Crippen molar-refractivity contribution in [2.45, 2.75) is 18.9 Å². The van der Waals surface area contributed by atoms with Gasteiger partial charge < -0.3 is 15.2 Å². The second-order valence-electron chi connectivity index (χ2n) is 6.83. The molecule has 1 atom stereocenters. The Labute approximate surface area is 170 Å². The smallest absolute Gasteiger partial charge is 0.293 e. The molecular weight excluding hydrogens is 390 g/mol. The van der Waals surface area contributed by atoms with E-state index in [0.29, 0.717) is 24.2 Å². The molecule has 2 aromatic carbocycles. The lowest BCUT2D eigenvalue weighted by Gasteiger charge is -2.24. The number of carbonyl (C=O) groups excluding carboxylic acids is 2. The predicted molar refractivity (Wildman–Crippen MR) is 105 cm³/mol. The van der Waals surface area contributed by atoms with Crippen LogP contribution in [0.3, 0.4) is 0 Å². The first-order valence-electron chi connectivity index (χ1n) is 9.24. The van der Waals surface area contributed by atoms with E-state index in [1.807, 2.05) is 0 Å². The first-order chi connectivity index (χ1) is 14.5. The van der Waals surface area contributed by atoms with Crippen molar-refractivity contribution >= 4 is 23.1 Å². The van der Waals surface area contributed by atoms with E-state index in [9.17, 15) is 19.7 Å². The van der Waals surface area contributed by atoms with Crippen LogP contribution < -0.4 is 10.6 Å². The summed E-state index contributed by atoms with van der Waals surface area (Å²) in [4.78, 5) is 41.0. The summed E-state index contributed by atoms with van der Waals surface area (Å²) >= 11 is 0. The van der Waals surface area contributed by atoms with Gasteiger partial charge in [-0.15, -0.1) is 0 Å². The molecule has 10 nitrogen and oxygen atoms in total. The van der Waals surface area contributed by atoms with E-state index in [1.165, 1.54) is 6.07 Å². The maximum absolute atomic E-state index is 12.7. The van der Waals surface area contributed by atoms with Crippen LogP contribution in [0.5, 0.6) is 0 Å². The highest BCUT2D eigenvalue weighted by Crippen LogP contribution is 2.40. The first-order valence-corrected chi connectivity index (χ1v) is 9.24. The Morgan fingerprint density at radius 3 is 2.60 bits per heavy atom. The average molecular weight is 407 g/mol. The van der Waals surface area contributed by atoms with E-state index in [0.717, 1.165) is 6.42 Å². The fraction of sp³-hybridized carbons (Fsp3) is 0.200. The van der Waals surface area contributed by atoms with Crippen molar-refractivity contribution in [3.63, 3.8) is 0 Å². The molecule has 4 rings (SSSR count). The maximum atomic E-state index is 12.7. The molecule has 0 bridgehead atoms. The second kappa shape index (κ2) is 7.74. The molecular formula is C20H17N5O5. The number of nitro benzene ring substituents is 1. The number of ketones is 1. The monoisotopic (exact) mass is 407 g/mol. The largest absolute Gasteiger partial charge is 0.363 e. The van der Waals surface area contributed by atoms with Crippen LogP contribution in [0.1, 0.15) is 51.3 Å². The van der Waals surface area contributed by atoms with E-state index in [-0.39, 0.29) is 28.7 Å². The minimum atomic E-state index is -0.815. The van der Waals surface area contributed by atoms with Crippen molar-refractivity contribution in [3.05, 3.63) is 81.5 Å². The molecule has 0 aliphatic carbocycles. The topological polar surface area (TPSA) is 145 Å². The van der Waals surface area contributed by atoms with Crippen LogP contribution in [-0.4, -0.2) is 33.3 Å². The van der Waals surface area contributed by atoms with Crippen LogP contribution in [0.4, 0.5) is 11.4 Å². The van der Waals surface area contributed by atoms with Gasteiger partial charge in [-0.25, -0.2) is 0 Å². The van der Waals surface area contributed by atoms with Crippen molar-refractivity contribution in [1.82, 2.24) is 10.1 Å². The van der Waals surface area contributed by atoms with Crippen molar-refractivity contribution in [3.8, 4) is 0 Å². The molecule has 152 valence electrons. The van der Waals surface area contributed by atoms with Crippen LogP contribution in [-0.2, 0) is 0 Å². The van der Waals surface area contributed by atoms with Crippen LogP contribution in [0.2, 0.25) is 0 Å². The molecule has 3 aromatic rings. The Morgan fingerprint density at radius 1 is 1.17 bits per heavy atom. The molecule has 1 amide bonds. The quantitative estimate of drug-likeness (QED) is 0.373. The fourth-order valence-corrected chi connectivity index (χ4v) is 3.59. The van der Waals surface area contributed by atoms with E-state index < -0.39 is 16.9 Å². The number of aromatic nitrogens is 2. The Morgan fingerprint density at radius 2 is 1.93 bits per heavy atom. The van der Waals surface area contributed by atoms with Gasteiger partial charge >= 0.3 is 0 Å². The van der Waals surface area contributed by atoms with Gasteiger partial charge in [0.05, 0.1) is 4.92 Å². The average Bonchev–Trinajstić information content (AvgIpc) is 3.43. The third kappa shape index (κ3) is 3.50. The first kappa shape index (κ1) is 19.2. The van der Waals surface area contributed by atoms with E-state index >= 15 is 0 Å². The Bertz CT molecular complexity index is 1130. The molecule has 1 fully saturated rings. The molecule has 30 heavy (non-hydrogen) atoms. The minimum Gasteiger partial charge on any atom is -0.363 e. The fourth-order valence-electron chi connectivity index (χ4n) is 3.59. The molecule has 1 aromatic heterocycles. The van der Waals surface area contributed by atoms with Gasteiger partial charge in [-0.2, -0.15) is 4.98 Å². The Balaban J connectivity index is 1.70. The zero-order chi connectivity index (χ0) is 21.3. The SMILES string of the molecule is NC(=O)c1noc(C2CCCN2c2ccc(C(=O)c3ccccc3)cc2[N+](=O)[O-])n1. The minimum absolute atomic E-state index is 0.167. The molecule has 2 heterocycles. The molecule has 2 N–H and O–H groups in total. The van der Waals surface area contributed by atoms with Crippen molar-refractivity contribution in [2.75, 3.05) is 11.4 Å². The summed E-state index contributed by atoms with van der Waals surface area (Å²) in [6.45, 7) is 0.520. The number of nitro groups is 1. The summed E-state index contributed by atoms with van der Waals surface area (Å²) in [5, 5.41) is 15.3. The molecule has 0 radical (unpaired) electrons. The van der Waals surface area contributed by atoms with Crippen LogP contribution >= 0.6 is 0 Å². The lowest BCUT2D eigenvalue weighted by Crippen LogP contribution is -2.24. The van der Waals surface area contributed by atoms with Crippen LogP contribution in [0.15, 0.2) is 53.1 Å². The van der Waals surface area contributed by atoms with Gasteiger partial charge in [0.1, 0.15) is 11.7 Å². The molecule has 0 spiro atoms. The van der Waals surface area contributed by atoms with E-state index in [2.05, 4.69) is 10.1 Å². The number of anilines is 1. The zero-order valence-electron chi connectivity index (χ0n) is 15.7. The van der Waals surface area contributed by atoms with Gasteiger partial charge in [-0.05, 0) is 25.0 Å². The molecule has 1 aliphatic rings. The summed E-state index contributed by atoms with van der Waals surface area (Å²) in [6, 6.07) is 12.5. The number of nitrogens with zero attached hydrogens (tertiary/aromatic N) is 4. The maximum Gasteiger partial charge on any atom is 0.293 e. The number of amides is 1. The third-order valence-corrected chi connectivity index (χ3v) is 4.98. The van der Waals surface area contributed by atoms with Crippen molar-refractivity contribution in [1.29, 1.82) is 0 Å². The summed E-state index contributed by atoms with van der Waals surface area (Å²) in [5.41, 5.74) is 5.98. The highest BCUT2D eigenvalue weighted by Gasteiger charge is 2.35. The second-order valence-corrected chi connectivity index (χ2v) is 6.83. The lowest BCUT2D eigenvalue weighted by atomic mass is 10.0. The Hall–Kier alpha value is -4.08. The van der Waals surface area contributed by atoms with E-state index in [1.54, 1.807) is 47.4 Å². The number of rotatable bonds is 6. The standard InChI is InChI=1S/C20H17N5O5/c21-18(27)19-22-20(30-23-19)15-7-4-10-24(15)14-9-8-13(11-16(14)25(28)29)17(26)12-5-2-1-3-6-12/h1-3,5-6,8-9,11,15H,4,7,10H2,(H2,21,27). The highest BCUT2D eigenvalue weighted by molar-refractivity contribution is 6.09. The number of hydrogen-bond donors (Lipinski definition) is 1. The number of benzene rings is 2. The third-order valence-electron chi connectivity index (χ3n) is 4.98. The molecule has 1 saturated heterocycles. The zero-order valence-corrected chi connectivity index (χ0v) is 15.7. The number of primary amides is 1. The van der Waals surface area contributed by atoms with Gasteiger partial charge in [0.2, 0.25) is 5.89 Å². The van der Waals surface area contributed by atoms with Gasteiger partial charge in [0.25, 0.3) is 17.4 Å². The van der Waals surface area contributed by atoms with E-state index in [4.69, 9.17) is 10.3 Å². The predicted octanol–water partition coefficient (Wildman–Crippen LogP) is 2.65. The molecule has 10 heteroatoms. The molecule has 1 unspecified atom stereocenters. The van der Waals surface area contributed by atoms with Crippen molar-refractivity contribution < 1.29 is 19.0 Å². The lowest BCUT2D eigenvalue weighted by molar-refractivity contribution is -0.384. The highest BCUT2D eigenvalue weighted by atomic mass is 16.6. The summed E-state index contributed by atoms with van der Waals surface area (Å²) in [5.74, 6) is -1.19. The number of carbonyl (C=O) groups is 2. The number of nitrogens with two attached hydrogens (primary N) is 1. The Kier molecular flexibility index (Phi) is 4.97. The van der Waals surface area contributed by atoms with Crippen LogP contribution in [0, 0.1) is 10.1 Å². The van der Waals surface area contributed by atoms with Gasteiger partial charge in [0.15, 0.2) is 5.78 Å².